The Hall–Kier alpha value is -3.13. The lowest BCUT2D eigenvalue weighted by molar-refractivity contribution is -0.121. The molecule has 2 heterocycles. The number of carbonyl (C=O) groups is 2. The molecule has 2 aliphatic heterocycles. The van der Waals surface area contributed by atoms with E-state index in [-0.39, 0.29) is 24.8 Å². The van der Waals surface area contributed by atoms with Gasteiger partial charge in [0.05, 0.1) is 37.7 Å². The minimum absolute atomic E-state index is 0.0979. The van der Waals surface area contributed by atoms with Crippen LogP contribution >= 0.6 is 0 Å². The zero-order valence-corrected chi connectivity index (χ0v) is 17.3. The molecule has 0 aromatic heterocycles. The maximum absolute atomic E-state index is 14.7. The van der Waals surface area contributed by atoms with Crippen molar-refractivity contribution >= 4 is 23.4 Å². The molecule has 2 saturated heterocycles. The Morgan fingerprint density at radius 1 is 1.13 bits per heavy atom. The van der Waals surface area contributed by atoms with Gasteiger partial charge in [-0.15, -0.1) is 0 Å². The molecule has 0 aliphatic carbocycles. The highest BCUT2D eigenvalue weighted by atomic mass is 19.1. The molecule has 2 amide bonds. The minimum atomic E-state index is -0.540. The summed E-state index contributed by atoms with van der Waals surface area (Å²) in [5.41, 5.74) is 2.04. The first kappa shape index (κ1) is 21.1. The Kier molecular flexibility index (Phi) is 6.66. The van der Waals surface area contributed by atoms with Gasteiger partial charge in [-0.3, -0.25) is 9.69 Å². The fraction of sp³-hybridized carbons (Fsp3) is 0.391. The van der Waals surface area contributed by atoms with Crippen LogP contribution in [0.4, 0.5) is 20.6 Å². The summed E-state index contributed by atoms with van der Waals surface area (Å²) < 4.78 is 25.3. The van der Waals surface area contributed by atoms with E-state index < -0.39 is 12.2 Å². The van der Waals surface area contributed by atoms with Gasteiger partial charge in [0.15, 0.2) is 0 Å². The molecule has 2 aromatic rings. The van der Waals surface area contributed by atoms with Gasteiger partial charge in [-0.25, -0.2) is 9.18 Å². The number of aryl methyl sites for hydroxylation is 1. The molecule has 8 heteroatoms. The number of cyclic esters (lactones) is 1. The van der Waals surface area contributed by atoms with Crippen LogP contribution in [0.1, 0.15) is 12.0 Å². The molecule has 1 unspecified atom stereocenters. The molecule has 2 aliphatic rings. The standard InChI is InChI=1S/C23H26FN3O4/c24-20-14-18(7-8-21(20)26-10-12-30-13-11-26)27-16-19(31-23(27)29)15-25-22(28)9-6-17-4-2-1-3-5-17/h1-5,7-8,14,19H,6,9-13,15-16H2,(H,25,28). The SMILES string of the molecule is O=C(CCc1ccccc1)NCC1CN(c2ccc(N3CCOCC3)c(F)c2)C(=O)O1. The van der Waals surface area contributed by atoms with Crippen molar-refractivity contribution in [2.45, 2.75) is 18.9 Å². The molecule has 0 spiro atoms. The summed E-state index contributed by atoms with van der Waals surface area (Å²) in [5.74, 6) is -0.482. The van der Waals surface area contributed by atoms with E-state index in [0.717, 1.165) is 5.56 Å². The van der Waals surface area contributed by atoms with Gasteiger partial charge in [0.2, 0.25) is 5.91 Å². The molecule has 4 rings (SSSR count). The van der Waals surface area contributed by atoms with Crippen molar-refractivity contribution < 1.29 is 23.5 Å². The van der Waals surface area contributed by atoms with E-state index in [1.165, 1.54) is 11.0 Å². The van der Waals surface area contributed by atoms with Crippen molar-refractivity contribution in [2.75, 3.05) is 49.2 Å². The van der Waals surface area contributed by atoms with Crippen LogP contribution in [-0.2, 0) is 20.7 Å². The molecule has 1 atom stereocenters. The third-order valence-corrected chi connectivity index (χ3v) is 5.48. The molecule has 0 radical (unpaired) electrons. The van der Waals surface area contributed by atoms with Gasteiger partial charge in [-0.2, -0.15) is 0 Å². The second kappa shape index (κ2) is 9.78. The Labute approximate surface area is 180 Å². The highest BCUT2D eigenvalue weighted by Crippen LogP contribution is 2.28. The smallest absolute Gasteiger partial charge is 0.414 e. The third kappa shape index (κ3) is 5.32. The maximum atomic E-state index is 14.7. The van der Waals surface area contributed by atoms with Gasteiger partial charge in [0.1, 0.15) is 11.9 Å². The highest BCUT2D eigenvalue weighted by Gasteiger charge is 2.33. The molecule has 0 saturated carbocycles. The van der Waals surface area contributed by atoms with Crippen molar-refractivity contribution in [3.63, 3.8) is 0 Å². The number of halogens is 1. The van der Waals surface area contributed by atoms with Crippen molar-refractivity contribution in [2.24, 2.45) is 0 Å². The minimum Gasteiger partial charge on any atom is -0.442 e. The average molecular weight is 427 g/mol. The van der Waals surface area contributed by atoms with E-state index in [0.29, 0.717) is 50.5 Å². The number of nitrogens with one attached hydrogen (secondary N) is 1. The van der Waals surface area contributed by atoms with Crippen LogP contribution in [0.15, 0.2) is 48.5 Å². The van der Waals surface area contributed by atoms with Crippen LogP contribution in [0, 0.1) is 5.82 Å². The largest absolute Gasteiger partial charge is 0.442 e. The molecule has 2 fully saturated rings. The lowest BCUT2D eigenvalue weighted by Crippen LogP contribution is -2.37. The molecule has 0 bridgehead atoms. The van der Waals surface area contributed by atoms with Crippen LogP contribution in [0.2, 0.25) is 0 Å². The number of ether oxygens (including phenoxy) is 2. The molecule has 7 nitrogen and oxygen atoms in total. The number of rotatable bonds is 7. The van der Waals surface area contributed by atoms with E-state index in [1.807, 2.05) is 35.2 Å². The first-order valence-corrected chi connectivity index (χ1v) is 10.5. The second-order valence-corrected chi connectivity index (χ2v) is 7.64. The maximum Gasteiger partial charge on any atom is 0.414 e. The fourth-order valence-corrected chi connectivity index (χ4v) is 3.78. The quantitative estimate of drug-likeness (QED) is 0.736. The first-order chi connectivity index (χ1) is 15.1. The normalized spacial score (nSPS) is 18.7. The van der Waals surface area contributed by atoms with Crippen molar-refractivity contribution in [3.05, 3.63) is 59.9 Å². The summed E-state index contributed by atoms with van der Waals surface area (Å²) in [4.78, 5) is 27.7. The molecule has 1 N–H and O–H groups in total. The summed E-state index contributed by atoms with van der Waals surface area (Å²) >= 11 is 0. The van der Waals surface area contributed by atoms with E-state index >= 15 is 0 Å². The van der Waals surface area contributed by atoms with Crippen molar-refractivity contribution in [3.8, 4) is 0 Å². The van der Waals surface area contributed by atoms with Gasteiger partial charge in [0, 0.05) is 19.5 Å². The van der Waals surface area contributed by atoms with Crippen LogP contribution in [0.5, 0.6) is 0 Å². The highest BCUT2D eigenvalue weighted by molar-refractivity contribution is 5.90. The fourth-order valence-electron chi connectivity index (χ4n) is 3.78. The number of hydrogen-bond acceptors (Lipinski definition) is 5. The van der Waals surface area contributed by atoms with Gasteiger partial charge in [-0.05, 0) is 30.2 Å². The molecular formula is C23H26FN3O4. The van der Waals surface area contributed by atoms with E-state index in [4.69, 9.17) is 9.47 Å². The van der Waals surface area contributed by atoms with Crippen LogP contribution in [0.25, 0.3) is 0 Å². The van der Waals surface area contributed by atoms with Crippen molar-refractivity contribution in [1.82, 2.24) is 5.32 Å². The summed E-state index contributed by atoms with van der Waals surface area (Å²) in [6.45, 7) is 2.89. The number of hydrogen-bond donors (Lipinski definition) is 1. The van der Waals surface area contributed by atoms with Gasteiger partial charge >= 0.3 is 6.09 Å². The molecule has 2 aromatic carbocycles. The summed E-state index contributed by atoms with van der Waals surface area (Å²) in [6, 6.07) is 14.5. The lowest BCUT2D eigenvalue weighted by Gasteiger charge is -2.29. The van der Waals surface area contributed by atoms with Crippen LogP contribution in [0.3, 0.4) is 0 Å². The zero-order valence-electron chi connectivity index (χ0n) is 17.3. The number of amides is 2. The topological polar surface area (TPSA) is 71.1 Å². The number of morpholine rings is 1. The van der Waals surface area contributed by atoms with E-state index in [1.54, 1.807) is 12.1 Å². The lowest BCUT2D eigenvalue weighted by atomic mass is 10.1. The Morgan fingerprint density at radius 3 is 2.65 bits per heavy atom. The predicted molar refractivity (Wildman–Crippen MR) is 115 cm³/mol. The van der Waals surface area contributed by atoms with E-state index in [2.05, 4.69) is 5.32 Å². The second-order valence-electron chi connectivity index (χ2n) is 7.64. The average Bonchev–Trinajstić information content (AvgIpc) is 3.18. The Bertz CT molecular complexity index is 918. The summed E-state index contributed by atoms with van der Waals surface area (Å²) in [6.07, 6.45) is -0.00196. The number of nitrogens with zero attached hydrogens (tertiary/aromatic N) is 2. The molecule has 31 heavy (non-hydrogen) atoms. The Balaban J connectivity index is 1.28. The first-order valence-electron chi connectivity index (χ1n) is 10.5. The molecular weight excluding hydrogens is 401 g/mol. The summed E-state index contributed by atoms with van der Waals surface area (Å²) in [7, 11) is 0. The number of benzene rings is 2. The third-order valence-electron chi connectivity index (χ3n) is 5.48. The van der Waals surface area contributed by atoms with Crippen LogP contribution in [-0.4, -0.2) is 57.5 Å². The monoisotopic (exact) mass is 427 g/mol. The Morgan fingerprint density at radius 2 is 1.90 bits per heavy atom. The van der Waals surface area contributed by atoms with Crippen LogP contribution < -0.4 is 15.1 Å². The zero-order chi connectivity index (χ0) is 21.6. The van der Waals surface area contributed by atoms with Crippen molar-refractivity contribution in [1.29, 1.82) is 0 Å². The van der Waals surface area contributed by atoms with Gasteiger partial charge < -0.3 is 19.7 Å². The molecule has 164 valence electrons. The van der Waals surface area contributed by atoms with E-state index in [9.17, 15) is 14.0 Å². The number of anilines is 2. The predicted octanol–water partition coefficient (Wildman–Crippen LogP) is 2.74. The van der Waals surface area contributed by atoms with Gasteiger partial charge in [0.25, 0.3) is 0 Å². The summed E-state index contributed by atoms with van der Waals surface area (Å²) in [5, 5.41) is 2.82. The number of carbonyl (C=O) groups excluding carboxylic acids is 2. The van der Waals surface area contributed by atoms with Gasteiger partial charge in [-0.1, -0.05) is 30.3 Å².